The van der Waals surface area contributed by atoms with E-state index in [1.54, 1.807) is 18.4 Å². The Morgan fingerprint density at radius 1 is 1.39 bits per heavy atom. The van der Waals surface area contributed by atoms with E-state index in [1.807, 2.05) is 0 Å². The molecule has 0 spiro atoms. The van der Waals surface area contributed by atoms with E-state index < -0.39 is 0 Å². The van der Waals surface area contributed by atoms with Gasteiger partial charge < -0.3 is 4.74 Å². The van der Waals surface area contributed by atoms with E-state index in [0.717, 1.165) is 22.7 Å². The molecule has 2 rings (SSSR count). The Bertz CT molecular complexity index is 533. The van der Waals surface area contributed by atoms with Crippen LogP contribution in [-0.4, -0.2) is 12.1 Å². The zero-order valence-corrected chi connectivity index (χ0v) is 12.2. The van der Waals surface area contributed by atoms with Gasteiger partial charge in [0.1, 0.15) is 10.8 Å². The maximum atomic E-state index is 5.44. The molecule has 0 saturated heterocycles. The molecule has 1 heterocycles. The molecule has 18 heavy (non-hydrogen) atoms. The molecular weight excluding hydrogens is 242 g/mol. The third-order valence-corrected chi connectivity index (χ3v) is 4.12. The number of rotatable bonds is 4. The molecule has 0 aliphatic rings. The van der Waals surface area contributed by atoms with Gasteiger partial charge in [-0.3, -0.25) is 0 Å². The molecule has 3 heteroatoms. The predicted molar refractivity (Wildman–Crippen MR) is 77.5 cm³/mol. The predicted octanol–water partition coefficient (Wildman–Crippen LogP) is 4.64. The lowest BCUT2D eigenvalue weighted by Crippen LogP contribution is -1.92. The number of aromatic nitrogens is 1. The van der Waals surface area contributed by atoms with Crippen LogP contribution in [-0.2, 0) is 0 Å². The fourth-order valence-corrected chi connectivity index (χ4v) is 2.79. The summed E-state index contributed by atoms with van der Waals surface area (Å²) in [5.41, 5.74) is 3.47. The highest BCUT2D eigenvalue weighted by atomic mass is 32.1. The smallest absolute Gasteiger partial charge is 0.129 e. The number of hydrogen-bond donors (Lipinski definition) is 0. The van der Waals surface area contributed by atoms with Crippen molar-refractivity contribution in [3.05, 3.63) is 34.8 Å². The summed E-state index contributed by atoms with van der Waals surface area (Å²) >= 11 is 1.69. The SMILES string of the molecule is CCC(C)c1csc(-c2ccc(C)cc2OC)n1. The quantitative estimate of drug-likeness (QED) is 0.799. The van der Waals surface area contributed by atoms with E-state index in [2.05, 4.69) is 44.4 Å². The number of hydrogen-bond acceptors (Lipinski definition) is 3. The monoisotopic (exact) mass is 261 g/mol. The van der Waals surface area contributed by atoms with Gasteiger partial charge in [-0.1, -0.05) is 19.9 Å². The number of benzene rings is 1. The maximum absolute atomic E-state index is 5.44. The Hall–Kier alpha value is -1.35. The molecule has 0 N–H and O–H groups in total. The van der Waals surface area contributed by atoms with E-state index >= 15 is 0 Å². The molecule has 0 aliphatic heterocycles. The van der Waals surface area contributed by atoms with Gasteiger partial charge in [-0.25, -0.2) is 4.98 Å². The average Bonchev–Trinajstić information content (AvgIpc) is 2.87. The molecule has 0 saturated carbocycles. The second-order valence-corrected chi connectivity index (χ2v) is 5.45. The molecule has 2 nitrogen and oxygen atoms in total. The molecule has 0 aliphatic carbocycles. The Morgan fingerprint density at radius 2 is 2.17 bits per heavy atom. The van der Waals surface area contributed by atoms with Crippen molar-refractivity contribution in [2.24, 2.45) is 0 Å². The van der Waals surface area contributed by atoms with Crippen LogP contribution in [0.3, 0.4) is 0 Å². The highest BCUT2D eigenvalue weighted by molar-refractivity contribution is 7.13. The van der Waals surface area contributed by atoms with Crippen molar-refractivity contribution in [1.82, 2.24) is 4.98 Å². The minimum absolute atomic E-state index is 0.520. The average molecular weight is 261 g/mol. The highest BCUT2D eigenvalue weighted by Gasteiger charge is 2.13. The maximum Gasteiger partial charge on any atom is 0.129 e. The molecule has 1 aromatic heterocycles. The summed E-state index contributed by atoms with van der Waals surface area (Å²) in [4.78, 5) is 4.73. The van der Waals surface area contributed by atoms with Crippen LogP contribution >= 0.6 is 11.3 Å². The molecule has 0 bridgehead atoms. The van der Waals surface area contributed by atoms with Crippen molar-refractivity contribution in [3.8, 4) is 16.3 Å². The summed E-state index contributed by atoms with van der Waals surface area (Å²) in [5.74, 6) is 1.42. The lowest BCUT2D eigenvalue weighted by molar-refractivity contribution is 0.416. The molecule has 2 aromatic rings. The number of thiazole rings is 1. The normalized spacial score (nSPS) is 12.4. The van der Waals surface area contributed by atoms with Crippen LogP contribution in [0.5, 0.6) is 5.75 Å². The van der Waals surface area contributed by atoms with Gasteiger partial charge in [-0.05, 0) is 37.0 Å². The number of ether oxygens (including phenoxy) is 1. The summed E-state index contributed by atoms with van der Waals surface area (Å²) in [6.45, 7) is 6.47. The van der Waals surface area contributed by atoms with E-state index in [4.69, 9.17) is 9.72 Å². The van der Waals surface area contributed by atoms with Gasteiger partial charge in [-0.15, -0.1) is 11.3 Å². The Balaban J connectivity index is 2.39. The first-order chi connectivity index (χ1) is 8.65. The topological polar surface area (TPSA) is 22.1 Å². The van der Waals surface area contributed by atoms with Crippen molar-refractivity contribution in [2.45, 2.75) is 33.1 Å². The van der Waals surface area contributed by atoms with Crippen molar-refractivity contribution in [3.63, 3.8) is 0 Å². The van der Waals surface area contributed by atoms with E-state index in [-0.39, 0.29) is 0 Å². The van der Waals surface area contributed by atoms with E-state index in [1.165, 1.54) is 11.3 Å². The van der Waals surface area contributed by atoms with Crippen LogP contribution < -0.4 is 4.74 Å². The number of aryl methyl sites for hydroxylation is 1. The van der Waals surface area contributed by atoms with Gasteiger partial charge in [0.2, 0.25) is 0 Å². The molecule has 0 fully saturated rings. The van der Waals surface area contributed by atoms with Crippen LogP contribution in [0.25, 0.3) is 10.6 Å². The summed E-state index contributed by atoms with van der Waals surface area (Å²) in [7, 11) is 1.71. The third kappa shape index (κ3) is 2.56. The zero-order chi connectivity index (χ0) is 13.1. The van der Waals surface area contributed by atoms with Crippen LogP contribution in [0.15, 0.2) is 23.6 Å². The van der Waals surface area contributed by atoms with Gasteiger partial charge in [0.15, 0.2) is 0 Å². The first-order valence-corrected chi connectivity index (χ1v) is 7.14. The standard InChI is InChI=1S/C15H19NOS/c1-5-11(3)13-9-18-15(16-13)12-7-6-10(2)8-14(12)17-4/h6-9,11H,5H2,1-4H3. The third-order valence-electron chi connectivity index (χ3n) is 3.23. The molecule has 1 unspecified atom stereocenters. The van der Waals surface area contributed by atoms with Crippen molar-refractivity contribution >= 4 is 11.3 Å². The first-order valence-electron chi connectivity index (χ1n) is 6.26. The largest absolute Gasteiger partial charge is 0.496 e. The van der Waals surface area contributed by atoms with Crippen molar-refractivity contribution in [1.29, 1.82) is 0 Å². The summed E-state index contributed by atoms with van der Waals surface area (Å²) < 4.78 is 5.44. The van der Waals surface area contributed by atoms with Crippen LogP contribution in [0, 0.1) is 6.92 Å². The molecule has 1 atom stereocenters. The number of methoxy groups -OCH3 is 1. The van der Waals surface area contributed by atoms with Crippen molar-refractivity contribution in [2.75, 3.05) is 7.11 Å². The second-order valence-electron chi connectivity index (χ2n) is 4.59. The molecular formula is C15H19NOS. The fourth-order valence-electron chi connectivity index (χ4n) is 1.82. The van der Waals surface area contributed by atoms with Gasteiger partial charge in [0.05, 0.1) is 18.4 Å². The Kier molecular flexibility index (Phi) is 4.02. The van der Waals surface area contributed by atoms with Crippen LogP contribution in [0.1, 0.15) is 37.4 Å². The minimum atomic E-state index is 0.520. The van der Waals surface area contributed by atoms with Crippen LogP contribution in [0.4, 0.5) is 0 Å². The lowest BCUT2D eigenvalue weighted by atomic mass is 10.1. The van der Waals surface area contributed by atoms with E-state index in [0.29, 0.717) is 5.92 Å². The van der Waals surface area contributed by atoms with Gasteiger partial charge >= 0.3 is 0 Å². The van der Waals surface area contributed by atoms with Gasteiger partial charge in [-0.2, -0.15) is 0 Å². The van der Waals surface area contributed by atoms with Gasteiger partial charge in [0.25, 0.3) is 0 Å². The number of nitrogens with zero attached hydrogens (tertiary/aromatic N) is 1. The van der Waals surface area contributed by atoms with Crippen LogP contribution in [0.2, 0.25) is 0 Å². The molecule has 0 radical (unpaired) electrons. The summed E-state index contributed by atoms with van der Waals surface area (Å²) in [5, 5.41) is 3.20. The fraction of sp³-hybridized carbons (Fsp3) is 0.400. The molecule has 96 valence electrons. The van der Waals surface area contributed by atoms with Crippen molar-refractivity contribution < 1.29 is 4.74 Å². The zero-order valence-electron chi connectivity index (χ0n) is 11.4. The van der Waals surface area contributed by atoms with E-state index in [9.17, 15) is 0 Å². The molecule has 1 aromatic carbocycles. The highest BCUT2D eigenvalue weighted by Crippen LogP contribution is 2.34. The minimum Gasteiger partial charge on any atom is -0.496 e. The Labute approximate surface area is 113 Å². The summed E-state index contributed by atoms with van der Waals surface area (Å²) in [6, 6.07) is 6.25. The first kappa shape index (κ1) is 13.1. The summed E-state index contributed by atoms with van der Waals surface area (Å²) in [6.07, 6.45) is 1.12. The second kappa shape index (κ2) is 5.53. The molecule has 0 amide bonds. The van der Waals surface area contributed by atoms with Gasteiger partial charge in [0, 0.05) is 5.38 Å². The lowest BCUT2D eigenvalue weighted by Gasteiger charge is -2.07. The Morgan fingerprint density at radius 3 is 2.83 bits per heavy atom.